The number of nitriles is 1. The molecule has 0 aliphatic carbocycles. The Labute approximate surface area is 93.4 Å². The van der Waals surface area contributed by atoms with Crippen LogP contribution in [0.1, 0.15) is 6.92 Å². The molecule has 74 valence electrons. The molecule has 0 saturated heterocycles. The molecule has 1 rings (SSSR count). The Bertz CT molecular complexity index is 358. The zero-order chi connectivity index (χ0) is 10.6. The molecule has 2 nitrogen and oxygen atoms in total. The maximum Gasteiger partial charge on any atom is 0.0671 e. The van der Waals surface area contributed by atoms with Gasteiger partial charge in [0.05, 0.1) is 22.7 Å². The zero-order valence-corrected chi connectivity index (χ0v) is 9.23. The topological polar surface area (TPSA) is 35.8 Å². The quantitative estimate of drug-likeness (QED) is 0.859. The predicted molar refractivity (Wildman–Crippen MR) is 59.7 cm³/mol. The molecule has 0 fully saturated rings. The van der Waals surface area contributed by atoms with Crippen molar-refractivity contribution in [2.75, 3.05) is 11.9 Å². The number of hydrogen-bond donors (Lipinski definition) is 1. The van der Waals surface area contributed by atoms with E-state index in [4.69, 9.17) is 28.5 Å². The molecule has 1 unspecified atom stereocenters. The molecule has 0 saturated carbocycles. The van der Waals surface area contributed by atoms with Crippen LogP contribution >= 0.6 is 23.2 Å². The van der Waals surface area contributed by atoms with E-state index in [0.29, 0.717) is 16.6 Å². The van der Waals surface area contributed by atoms with Crippen LogP contribution in [0.5, 0.6) is 0 Å². The first-order chi connectivity index (χ1) is 6.63. The summed E-state index contributed by atoms with van der Waals surface area (Å²) in [6.45, 7) is 2.43. The van der Waals surface area contributed by atoms with E-state index < -0.39 is 0 Å². The lowest BCUT2D eigenvalue weighted by Gasteiger charge is -2.09. The smallest absolute Gasteiger partial charge is 0.0671 e. The Hall–Kier alpha value is -0.910. The molecule has 14 heavy (non-hydrogen) atoms. The number of benzene rings is 1. The minimum Gasteiger partial charge on any atom is -0.383 e. The summed E-state index contributed by atoms with van der Waals surface area (Å²) in [5, 5.41) is 12.8. The van der Waals surface area contributed by atoms with Crippen molar-refractivity contribution in [1.29, 1.82) is 5.26 Å². The maximum absolute atomic E-state index is 8.58. The van der Waals surface area contributed by atoms with E-state index in [2.05, 4.69) is 11.4 Å². The highest BCUT2D eigenvalue weighted by molar-refractivity contribution is 6.36. The molecule has 0 aromatic heterocycles. The van der Waals surface area contributed by atoms with Crippen LogP contribution in [-0.4, -0.2) is 6.54 Å². The van der Waals surface area contributed by atoms with Crippen LogP contribution in [0.2, 0.25) is 10.0 Å². The Morgan fingerprint density at radius 2 is 2.21 bits per heavy atom. The zero-order valence-electron chi connectivity index (χ0n) is 7.72. The molecule has 0 bridgehead atoms. The van der Waals surface area contributed by atoms with Crippen molar-refractivity contribution in [1.82, 2.24) is 0 Å². The molecule has 0 amide bonds. The lowest BCUT2D eigenvalue weighted by molar-refractivity contribution is 0.786. The van der Waals surface area contributed by atoms with Gasteiger partial charge in [0, 0.05) is 11.6 Å². The fourth-order valence-electron chi connectivity index (χ4n) is 0.942. The molecular weight excluding hydrogens is 219 g/mol. The van der Waals surface area contributed by atoms with E-state index >= 15 is 0 Å². The number of nitrogens with one attached hydrogen (secondary N) is 1. The van der Waals surface area contributed by atoms with Gasteiger partial charge in [-0.1, -0.05) is 23.2 Å². The van der Waals surface area contributed by atoms with Crippen molar-refractivity contribution in [2.24, 2.45) is 5.92 Å². The van der Waals surface area contributed by atoms with E-state index in [9.17, 15) is 0 Å². The molecule has 0 spiro atoms. The van der Waals surface area contributed by atoms with E-state index in [0.717, 1.165) is 5.69 Å². The maximum atomic E-state index is 8.58. The van der Waals surface area contributed by atoms with Gasteiger partial charge in [-0.3, -0.25) is 0 Å². The summed E-state index contributed by atoms with van der Waals surface area (Å²) >= 11 is 11.7. The van der Waals surface area contributed by atoms with E-state index in [-0.39, 0.29) is 5.92 Å². The van der Waals surface area contributed by atoms with Crippen molar-refractivity contribution in [3.63, 3.8) is 0 Å². The molecule has 1 atom stereocenters. The Kier molecular flexibility index (Phi) is 4.06. The first-order valence-corrected chi connectivity index (χ1v) is 4.97. The van der Waals surface area contributed by atoms with Crippen molar-refractivity contribution < 1.29 is 0 Å². The van der Waals surface area contributed by atoms with Crippen molar-refractivity contribution in [3.05, 3.63) is 28.2 Å². The summed E-state index contributed by atoms with van der Waals surface area (Å²) in [5.41, 5.74) is 0.804. The number of hydrogen-bond acceptors (Lipinski definition) is 2. The normalized spacial score (nSPS) is 11.9. The average Bonchev–Trinajstić information content (AvgIpc) is 2.16. The van der Waals surface area contributed by atoms with Crippen LogP contribution in [0, 0.1) is 17.2 Å². The molecule has 1 N–H and O–H groups in total. The van der Waals surface area contributed by atoms with E-state index in [1.807, 2.05) is 6.92 Å². The average molecular weight is 229 g/mol. The van der Waals surface area contributed by atoms with Crippen molar-refractivity contribution in [3.8, 4) is 6.07 Å². The Balaban J connectivity index is 2.64. The molecule has 4 heteroatoms. The number of rotatable bonds is 3. The van der Waals surface area contributed by atoms with Crippen LogP contribution in [0.15, 0.2) is 18.2 Å². The fraction of sp³-hybridized carbons (Fsp3) is 0.300. The van der Waals surface area contributed by atoms with Crippen LogP contribution in [0.4, 0.5) is 5.69 Å². The second kappa shape index (κ2) is 5.09. The largest absolute Gasteiger partial charge is 0.383 e. The summed E-state index contributed by atoms with van der Waals surface area (Å²) in [7, 11) is 0. The highest BCUT2D eigenvalue weighted by Gasteiger charge is 2.03. The fourth-order valence-corrected chi connectivity index (χ4v) is 1.42. The summed E-state index contributed by atoms with van der Waals surface area (Å²) in [4.78, 5) is 0. The van der Waals surface area contributed by atoms with Gasteiger partial charge in [0.2, 0.25) is 0 Å². The van der Waals surface area contributed by atoms with Gasteiger partial charge in [0.25, 0.3) is 0 Å². The standard InChI is InChI=1S/C10H10Cl2N2/c1-7(5-13)6-14-10-3-2-8(11)4-9(10)12/h2-4,7,14H,6H2,1H3. The highest BCUT2D eigenvalue weighted by atomic mass is 35.5. The van der Waals surface area contributed by atoms with Gasteiger partial charge in [0.1, 0.15) is 0 Å². The molecule has 1 aromatic carbocycles. The number of nitrogens with zero attached hydrogens (tertiary/aromatic N) is 1. The monoisotopic (exact) mass is 228 g/mol. The highest BCUT2D eigenvalue weighted by Crippen LogP contribution is 2.25. The Morgan fingerprint density at radius 1 is 1.50 bits per heavy atom. The third kappa shape index (κ3) is 3.10. The minimum atomic E-state index is -0.0401. The van der Waals surface area contributed by atoms with Crippen molar-refractivity contribution in [2.45, 2.75) is 6.92 Å². The van der Waals surface area contributed by atoms with Gasteiger partial charge in [-0.2, -0.15) is 5.26 Å². The lowest BCUT2D eigenvalue weighted by Crippen LogP contribution is -2.09. The van der Waals surface area contributed by atoms with Gasteiger partial charge in [-0.25, -0.2) is 0 Å². The van der Waals surface area contributed by atoms with Crippen LogP contribution in [-0.2, 0) is 0 Å². The van der Waals surface area contributed by atoms with Crippen LogP contribution in [0.3, 0.4) is 0 Å². The minimum absolute atomic E-state index is 0.0401. The third-order valence-electron chi connectivity index (χ3n) is 1.75. The molecule has 0 radical (unpaired) electrons. The van der Waals surface area contributed by atoms with Gasteiger partial charge in [-0.15, -0.1) is 0 Å². The first-order valence-electron chi connectivity index (χ1n) is 4.22. The Morgan fingerprint density at radius 3 is 2.79 bits per heavy atom. The summed E-state index contributed by atoms with van der Waals surface area (Å²) < 4.78 is 0. The molecule has 0 heterocycles. The van der Waals surface area contributed by atoms with Crippen LogP contribution < -0.4 is 5.32 Å². The number of anilines is 1. The van der Waals surface area contributed by atoms with Gasteiger partial charge in [-0.05, 0) is 25.1 Å². The SMILES string of the molecule is CC(C#N)CNc1ccc(Cl)cc1Cl. The third-order valence-corrected chi connectivity index (χ3v) is 2.30. The van der Waals surface area contributed by atoms with Crippen LogP contribution in [0.25, 0.3) is 0 Å². The molecule has 1 aromatic rings. The summed E-state index contributed by atoms with van der Waals surface area (Å²) in [6, 6.07) is 7.36. The van der Waals surface area contributed by atoms with E-state index in [1.54, 1.807) is 18.2 Å². The second-order valence-corrected chi connectivity index (χ2v) is 3.88. The van der Waals surface area contributed by atoms with Gasteiger partial charge >= 0.3 is 0 Å². The molecule has 0 aliphatic heterocycles. The van der Waals surface area contributed by atoms with E-state index in [1.165, 1.54) is 0 Å². The summed E-state index contributed by atoms with van der Waals surface area (Å²) in [5.74, 6) is -0.0401. The predicted octanol–water partition coefficient (Wildman–Crippen LogP) is 3.56. The second-order valence-electron chi connectivity index (χ2n) is 3.04. The lowest BCUT2D eigenvalue weighted by atomic mass is 10.2. The van der Waals surface area contributed by atoms with Gasteiger partial charge in [0.15, 0.2) is 0 Å². The first kappa shape index (κ1) is 11.2. The summed E-state index contributed by atoms with van der Waals surface area (Å²) in [6.07, 6.45) is 0. The van der Waals surface area contributed by atoms with Crippen molar-refractivity contribution >= 4 is 28.9 Å². The number of halogens is 2. The van der Waals surface area contributed by atoms with Gasteiger partial charge < -0.3 is 5.32 Å². The molecule has 0 aliphatic rings. The molecular formula is C10H10Cl2N2.